The largest absolute Gasteiger partial charge is 0.252 e. The van der Waals surface area contributed by atoms with Crippen LogP contribution in [0, 0.1) is 6.92 Å². The van der Waals surface area contributed by atoms with Crippen LogP contribution in [0.3, 0.4) is 0 Å². The number of benzene rings is 4. The van der Waals surface area contributed by atoms with Gasteiger partial charge < -0.3 is 0 Å². The Kier molecular flexibility index (Phi) is 3.91. The van der Waals surface area contributed by atoms with Gasteiger partial charge in [0.2, 0.25) is 5.69 Å². The van der Waals surface area contributed by atoms with Gasteiger partial charge in [-0.2, -0.15) is 4.57 Å². The summed E-state index contributed by atoms with van der Waals surface area (Å²) in [5.74, 6) is 0. The van der Waals surface area contributed by atoms with Gasteiger partial charge in [0.1, 0.15) is 7.05 Å². The van der Waals surface area contributed by atoms with Crippen molar-refractivity contribution in [2.75, 3.05) is 0 Å². The molecule has 0 saturated heterocycles. The van der Waals surface area contributed by atoms with Gasteiger partial charge in [0.25, 0.3) is 0 Å². The number of rotatable bonds is 2. The fourth-order valence-electron chi connectivity index (χ4n) is 4.05. The fraction of sp³-hybridized carbons (Fsp3) is 0.0769. The molecule has 0 bridgehead atoms. The number of hydrogen-bond acceptors (Lipinski definition) is 1. The van der Waals surface area contributed by atoms with E-state index in [1.807, 2.05) is 18.6 Å². The second kappa shape index (κ2) is 6.58. The first kappa shape index (κ1) is 16.6. The predicted octanol–water partition coefficient (Wildman–Crippen LogP) is 5.85. The highest BCUT2D eigenvalue weighted by Gasteiger charge is 2.15. The van der Waals surface area contributed by atoms with Crippen LogP contribution >= 0.6 is 0 Å². The van der Waals surface area contributed by atoms with Crippen LogP contribution in [0.2, 0.25) is 0 Å². The van der Waals surface area contributed by atoms with E-state index in [0.29, 0.717) is 0 Å². The van der Waals surface area contributed by atoms with Crippen molar-refractivity contribution in [1.29, 1.82) is 0 Å². The molecule has 0 aliphatic heterocycles. The molecular weight excluding hydrogens is 340 g/mol. The van der Waals surface area contributed by atoms with Gasteiger partial charge in [-0.3, -0.25) is 4.98 Å². The molecule has 2 nitrogen and oxygen atoms in total. The van der Waals surface area contributed by atoms with E-state index in [0.717, 1.165) is 5.69 Å². The van der Waals surface area contributed by atoms with Crippen LogP contribution < -0.4 is 4.57 Å². The maximum Gasteiger partial charge on any atom is 0.231 e. The Balaban J connectivity index is 1.81. The Hall–Kier alpha value is -3.52. The van der Waals surface area contributed by atoms with Gasteiger partial charge >= 0.3 is 0 Å². The van der Waals surface area contributed by atoms with Gasteiger partial charge in [0.15, 0.2) is 6.20 Å². The fourth-order valence-corrected chi connectivity index (χ4v) is 4.05. The molecule has 5 aromatic rings. The lowest BCUT2D eigenvalue weighted by Crippen LogP contribution is -2.30. The van der Waals surface area contributed by atoms with Gasteiger partial charge in [0.05, 0.1) is 18.0 Å². The van der Waals surface area contributed by atoms with Crippen LogP contribution in [-0.2, 0) is 7.05 Å². The zero-order valence-corrected chi connectivity index (χ0v) is 16.1. The van der Waals surface area contributed by atoms with E-state index >= 15 is 0 Å². The molecule has 0 aliphatic rings. The predicted molar refractivity (Wildman–Crippen MR) is 116 cm³/mol. The minimum Gasteiger partial charge on any atom is -0.252 e. The average molecular weight is 361 g/mol. The number of fused-ring (bicyclic) bond motifs is 3. The van der Waals surface area contributed by atoms with Crippen molar-refractivity contribution < 1.29 is 4.57 Å². The maximum absolute atomic E-state index is 4.34. The van der Waals surface area contributed by atoms with Crippen molar-refractivity contribution in [2.24, 2.45) is 7.05 Å². The van der Waals surface area contributed by atoms with Crippen molar-refractivity contribution >= 4 is 21.5 Å². The normalized spacial score (nSPS) is 11.2. The molecule has 5 rings (SSSR count). The molecule has 0 spiro atoms. The zero-order chi connectivity index (χ0) is 19.1. The molecule has 2 heteroatoms. The smallest absolute Gasteiger partial charge is 0.231 e. The van der Waals surface area contributed by atoms with Gasteiger partial charge in [-0.15, -0.1) is 0 Å². The van der Waals surface area contributed by atoms with Gasteiger partial charge in [-0.1, -0.05) is 66.7 Å². The Bertz CT molecular complexity index is 1340. The first-order valence-corrected chi connectivity index (χ1v) is 9.54. The summed E-state index contributed by atoms with van der Waals surface area (Å²) in [5, 5.41) is 5.15. The molecular formula is C26H21N2+. The van der Waals surface area contributed by atoms with E-state index in [9.17, 15) is 0 Å². The molecule has 0 unspecified atom stereocenters. The highest BCUT2D eigenvalue weighted by molar-refractivity contribution is 6.14. The maximum atomic E-state index is 4.34. The summed E-state index contributed by atoms with van der Waals surface area (Å²) in [4.78, 5) is 4.34. The zero-order valence-electron chi connectivity index (χ0n) is 16.1. The summed E-state index contributed by atoms with van der Waals surface area (Å²) in [6.45, 7) is 2.16. The average Bonchev–Trinajstić information content (AvgIpc) is 2.74. The van der Waals surface area contributed by atoms with Crippen LogP contribution in [0.1, 0.15) is 5.56 Å². The van der Waals surface area contributed by atoms with E-state index < -0.39 is 0 Å². The van der Waals surface area contributed by atoms with E-state index in [4.69, 9.17) is 0 Å². The third-order valence-corrected chi connectivity index (χ3v) is 5.55. The number of aryl methyl sites for hydroxylation is 2. The molecule has 0 radical (unpaired) electrons. The van der Waals surface area contributed by atoms with Gasteiger partial charge in [0, 0.05) is 0 Å². The quantitative estimate of drug-likeness (QED) is 0.284. The minimum absolute atomic E-state index is 1.12. The van der Waals surface area contributed by atoms with Crippen molar-refractivity contribution in [2.45, 2.75) is 6.92 Å². The summed E-state index contributed by atoms with van der Waals surface area (Å²) < 4.78 is 2.12. The molecule has 0 aliphatic carbocycles. The van der Waals surface area contributed by atoms with Crippen molar-refractivity contribution in [3.8, 4) is 22.4 Å². The van der Waals surface area contributed by atoms with Crippen LogP contribution in [0.4, 0.5) is 0 Å². The summed E-state index contributed by atoms with van der Waals surface area (Å²) in [5.41, 5.74) is 6.07. The second-order valence-electron chi connectivity index (χ2n) is 7.29. The van der Waals surface area contributed by atoms with Crippen molar-refractivity contribution in [3.63, 3.8) is 0 Å². The number of nitrogens with zero attached hydrogens (tertiary/aromatic N) is 2. The molecule has 0 saturated carbocycles. The molecule has 134 valence electrons. The topological polar surface area (TPSA) is 16.8 Å². The Morgan fingerprint density at radius 2 is 1.61 bits per heavy atom. The number of hydrogen-bond donors (Lipinski definition) is 0. The SMILES string of the molecule is Cc1ccc(-c2cccc3ccc4ccccc4c23)cc1-c1cncc[n+]1C. The molecule has 28 heavy (non-hydrogen) atoms. The van der Waals surface area contributed by atoms with Gasteiger partial charge in [-0.05, 0) is 51.2 Å². The molecule has 1 heterocycles. The van der Waals surface area contributed by atoms with Crippen LogP contribution in [0.15, 0.2) is 91.4 Å². The number of aromatic nitrogens is 2. The summed E-state index contributed by atoms with van der Waals surface area (Å²) in [6, 6.07) is 26.4. The Morgan fingerprint density at radius 3 is 2.50 bits per heavy atom. The van der Waals surface area contributed by atoms with E-state index in [2.05, 4.69) is 96.3 Å². The first-order chi connectivity index (χ1) is 13.7. The third kappa shape index (κ3) is 2.66. The molecule has 0 fully saturated rings. The van der Waals surface area contributed by atoms with Crippen LogP contribution in [-0.4, -0.2) is 4.98 Å². The van der Waals surface area contributed by atoms with E-state index in [1.165, 1.54) is 43.8 Å². The lowest BCUT2D eigenvalue weighted by Gasteiger charge is -2.12. The molecule has 4 aromatic carbocycles. The summed E-state index contributed by atoms with van der Waals surface area (Å²) >= 11 is 0. The standard InChI is InChI=1S/C26H21N2/c1-18-10-11-21(16-24(18)25-17-27-14-15-28(25)2)23-9-5-7-20-13-12-19-6-3-4-8-22(19)26(20)23/h3-17H,1-2H3/q+1. The first-order valence-electron chi connectivity index (χ1n) is 9.54. The lowest BCUT2D eigenvalue weighted by molar-refractivity contribution is -0.660. The van der Waals surface area contributed by atoms with E-state index in [-0.39, 0.29) is 0 Å². The molecule has 0 N–H and O–H groups in total. The monoisotopic (exact) mass is 361 g/mol. The third-order valence-electron chi connectivity index (χ3n) is 5.55. The molecule has 0 amide bonds. The Labute approximate surface area is 164 Å². The highest BCUT2D eigenvalue weighted by Crippen LogP contribution is 2.36. The molecule has 0 atom stereocenters. The van der Waals surface area contributed by atoms with Crippen molar-refractivity contribution in [3.05, 3.63) is 97.0 Å². The second-order valence-corrected chi connectivity index (χ2v) is 7.29. The minimum atomic E-state index is 1.12. The molecule has 1 aromatic heterocycles. The van der Waals surface area contributed by atoms with E-state index in [1.54, 1.807) is 0 Å². The van der Waals surface area contributed by atoms with Gasteiger partial charge in [-0.25, -0.2) is 0 Å². The van der Waals surface area contributed by atoms with Crippen LogP contribution in [0.5, 0.6) is 0 Å². The van der Waals surface area contributed by atoms with Crippen molar-refractivity contribution in [1.82, 2.24) is 4.98 Å². The summed E-state index contributed by atoms with van der Waals surface area (Å²) in [6.07, 6.45) is 5.75. The Morgan fingerprint density at radius 1 is 0.786 bits per heavy atom. The lowest BCUT2D eigenvalue weighted by atomic mass is 9.92. The van der Waals surface area contributed by atoms with Crippen LogP contribution in [0.25, 0.3) is 43.9 Å². The highest BCUT2D eigenvalue weighted by atomic mass is 14.9. The summed E-state index contributed by atoms with van der Waals surface area (Å²) in [7, 11) is 2.06.